The zero-order valence-corrected chi connectivity index (χ0v) is 11.0. The fourth-order valence-corrected chi connectivity index (χ4v) is 1.89. The molecule has 0 spiro atoms. The Labute approximate surface area is 107 Å². The van der Waals surface area contributed by atoms with Crippen LogP contribution in [0, 0.1) is 0 Å². The van der Waals surface area contributed by atoms with Crippen molar-refractivity contribution in [2.75, 3.05) is 19.8 Å². The van der Waals surface area contributed by atoms with Crippen LogP contribution in [-0.2, 0) is 10.4 Å². The molecule has 19 heavy (non-hydrogen) atoms. The first-order valence-corrected chi connectivity index (χ1v) is 6.77. The molecule has 1 heterocycles. The smallest absolute Gasteiger partial charge is 0.244 e. The van der Waals surface area contributed by atoms with Crippen LogP contribution >= 0.6 is 0 Å². The minimum Gasteiger partial charge on any atom is -0.244 e. The average molecular weight is 315 g/mol. The quantitative estimate of drug-likeness (QED) is 0.593. The summed E-state index contributed by atoms with van der Waals surface area (Å²) in [6.07, 6.45) is 2.57. The van der Waals surface area contributed by atoms with E-state index in [-0.39, 0.29) is 6.92 Å². The Hall–Kier alpha value is -0.510. The lowest BCUT2D eigenvalue weighted by Gasteiger charge is -2.21. The maximum absolute atomic E-state index is 12.2. The topological polar surface area (TPSA) is 37.4 Å². The van der Waals surface area contributed by atoms with Gasteiger partial charge in [-0.2, -0.15) is 21.5 Å². The van der Waals surface area contributed by atoms with Crippen molar-refractivity contribution in [2.24, 2.45) is 0 Å². The van der Waals surface area contributed by atoms with Crippen LogP contribution < -0.4 is 0 Å². The van der Waals surface area contributed by atoms with Gasteiger partial charge >= 0.3 is 22.3 Å². The van der Waals surface area contributed by atoms with Crippen LogP contribution in [0.5, 0.6) is 0 Å². The van der Waals surface area contributed by atoms with Gasteiger partial charge in [0.15, 0.2) is 6.67 Å². The second-order valence-corrected chi connectivity index (χ2v) is 5.47. The molecule has 0 bridgehead atoms. The second kappa shape index (κ2) is 6.78. The fourth-order valence-electron chi connectivity index (χ4n) is 1.20. The van der Waals surface area contributed by atoms with Crippen LogP contribution in [0.2, 0.25) is 0 Å². The van der Waals surface area contributed by atoms with Crippen molar-refractivity contribution < 1.29 is 34.3 Å². The molecule has 0 atom stereocenters. The summed E-state index contributed by atoms with van der Waals surface area (Å²) in [6, 6.07) is 0. The van der Waals surface area contributed by atoms with Crippen LogP contribution in [0.3, 0.4) is 0 Å². The first kappa shape index (κ1) is 18.5. The number of nitrogens with zero attached hydrogens (tertiary/aromatic N) is 1. The van der Waals surface area contributed by atoms with Gasteiger partial charge in [0.1, 0.15) is 0 Å². The summed E-state index contributed by atoms with van der Waals surface area (Å²) in [7, 11) is -4.39. The molecule has 0 radical (unpaired) electrons. The van der Waals surface area contributed by atoms with E-state index < -0.39 is 28.9 Å². The van der Waals surface area contributed by atoms with Crippen LogP contribution in [-0.4, -0.2) is 44.3 Å². The molecule has 0 aromatic rings. The number of halogens is 6. The standard InChI is InChI=1S/C5H10FNO2S.C4H5F5/c6-10(8,9)7-4-2-1-3-5-7;1-3(6,7)4(8,9)2-5/h1-5H2;2H2,1H3. The van der Waals surface area contributed by atoms with Gasteiger partial charge in [0.2, 0.25) is 0 Å². The van der Waals surface area contributed by atoms with Gasteiger partial charge in [-0.25, -0.2) is 13.2 Å². The Morgan fingerprint density at radius 1 is 1.05 bits per heavy atom. The van der Waals surface area contributed by atoms with Gasteiger partial charge < -0.3 is 0 Å². The molecule has 0 unspecified atom stereocenters. The summed E-state index contributed by atoms with van der Waals surface area (Å²) in [4.78, 5) is 0. The van der Waals surface area contributed by atoms with Gasteiger partial charge in [0, 0.05) is 20.0 Å². The van der Waals surface area contributed by atoms with Crippen molar-refractivity contribution in [1.82, 2.24) is 4.31 Å². The van der Waals surface area contributed by atoms with Crippen molar-refractivity contribution in [3.05, 3.63) is 0 Å². The van der Waals surface area contributed by atoms with E-state index in [1.807, 2.05) is 0 Å². The molecule has 3 nitrogen and oxygen atoms in total. The third-order valence-corrected chi connectivity index (χ3v) is 3.42. The van der Waals surface area contributed by atoms with Crippen molar-refractivity contribution in [2.45, 2.75) is 38.0 Å². The van der Waals surface area contributed by atoms with E-state index in [2.05, 4.69) is 0 Å². The minimum atomic E-state index is -4.52. The molecule has 0 N–H and O–H groups in total. The number of alkyl halides is 5. The molecule has 1 aliphatic heterocycles. The monoisotopic (exact) mass is 315 g/mol. The summed E-state index contributed by atoms with van der Waals surface area (Å²) < 4.78 is 90.7. The predicted molar refractivity (Wildman–Crippen MR) is 57.0 cm³/mol. The summed E-state index contributed by atoms with van der Waals surface area (Å²) in [5.41, 5.74) is 0. The lowest BCUT2D eigenvalue weighted by molar-refractivity contribution is -0.204. The highest BCUT2D eigenvalue weighted by Crippen LogP contribution is 2.33. The van der Waals surface area contributed by atoms with Crippen LogP contribution in [0.15, 0.2) is 0 Å². The molecule has 0 aromatic heterocycles. The van der Waals surface area contributed by atoms with Crippen LogP contribution in [0.1, 0.15) is 26.2 Å². The third-order valence-electron chi connectivity index (χ3n) is 2.43. The van der Waals surface area contributed by atoms with E-state index >= 15 is 0 Å². The lowest BCUT2D eigenvalue weighted by Crippen LogP contribution is -2.39. The number of rotatable bonds is 3. The van der Waals surface area contributed by atoms with E-state index in [0.717, 1.165) is 23.6 Å². The number of hydrogen-bond donors (Lipinski definition) is 0. The summed E-state index contributed by atoms with van der Waals surface area (Å²) in [6.45, 7) is -1.65. The molecular formula is C9H15F6NO2S. The Morgan fingerprint density at radius 2 is 1.47 bits per heavy atom. The van der Waals surface area contributed by atoms with E-state index in [1.165, 1.54) is 0 Å². The highest BCUT2D eigenvalue weighted by atomic mass is 32.3. The SMILES string of the molecule is CC(F)(F)C(F)(F)CF.O=S(=O)(F)N1CCCCC1. The van der Waals surface area contributed by atoms with E-state index in [4.69, 9.17) is 0 Å². The first-order valence-electron chi connectivity index (χ1n) is 5.43. The van der Waals surface area contributed by atoms with Gasteiger partial charge in [-0.1, -0.05) is 10.3 Å². The van der Waals surface area contributed by atoms with Gasteiger partial charge in [-0.05, 0) is 12.8 Å². The Morgan fingerprint density at radius 3 is 1.63 bits per heavy atom. The van der Waals surface area contributed by atoms with Crippen molar-refractivity contribution in [3.8, 4) is 0 Å². The van der Waals surface area contributed by atoms with Gasteiger partial charge in [-0.15, -0.1) is 0 Å². The second-order valence-electron chi connectivity index (χ2n) is 4.13. The number of hydrogen-bond acceptors (Lipinski definition) is 2. The van der Waals surface area contributed by atoms with E-state index in [1.54, 1.807) is 0 Å². The van der Waals surface area contributed by atoms with Crippen molar-refractivity contribution in [3.63, 3.8) is 0 Å². The Bertz CT molecular complexity index is 361. The van der Waals surface area contributed by atoms with Crippen molar-refractivity contribution in [1.29, 1.82) is 0 Å². The molecule has 0 saturated carbocycles. The molecule has 1 saturated heterocycles. The van der Waals surface area contributed by atoms with Crippen LogP contribution in [0.25, 0.3) is 0 Å². The molecule has 1 rings (SSSR count). The van der Waals surface area contributed by atoms with E-state index in [0.29, 0.717) is 13.1 Å². The lowest BCUT2D eigenvalue weighted by atomic mass is 10.2. The first-order chi connectivity index (χ1) is 8.42. The normalized spacial score (nSPS) is 18.7. The summed E-state index contributed by atoms with van der Waals surface area (Å²) in [5, 5.41) is 0. The average Bonchev–Trinajstić information content (AvgIpc) is 2.28. The molecule has 0 aliphatic carbocycles. The van der Waals surface area contributed by atoms with Gasteiger partial charge in [0.25, 0.3) is 0 Å². The van der Waals surface area contributed by atoms with Gasteiger partial charge in [-0.3, -0.25) is 0 Å². The van der Waals surface area contributed by atoms with Gasteiger partial charge in [0.05, 0.1) is 0 Å². The molecule has 116 valence electrons. The highest BCUT2D eigenvalue weighted by molar-refractivity contribution is 7.83. The summed E-state index contributed by atoms with van der Waals surface area (Å²) in [5.74, 6) is -8.78. The van der Waals surface area contributed by atoms with Crippen LogP contribution in [0.4, 0.5) is 25.8 Å². The zero-order valence-electron chi connectivity index (χ0n) is 10.2. The molecule has 0 amide bonds. The molecule has 10 heteroatoms. The minimum absolute atomic E-state index is 0.0213. The third kappa shape index (κ3) is 6.46. The predicted octanol–water partition coefficient (Wildman–Crippen LogP) is 2.93. The fraction of sp³-hybridized carbons (Fsp3) is 1.00. The van der Waals surface area contributed by atoms with Crippen molar-refractivity contribution >= 4 is 10.4 Å². The Kier molecular flexibility index (Phi) is 6.60. The molecule has 1 aliphatic rings. The summed E-state index contributed by atoms with van der Waals surface area (Å²) >= 11 is 0. The zero-order chi connectivity index (χ0) is 15.3. The van der Waals surface area contributed by atoms with E-state index in [9.17, 15) is 34.3 Å². The number of piperidine rings is 1. The Balaban J connectivity index is 0.000000344. The largest absolute Gasteiger partial charge is 0.374 e. The molecular weight excluding hydrogens is 300 g/mol. The molecule has 1 fully saturated rings. The maximum atomic E-state index is 12.2. The maximum Gasteiger partial charge on any atom is 0.374 e. The highest BCUT2D eigenvalue weighted by Gasteiger charge is 2.52. The molecule has 0 aromatic carbocycles.